The van der Waals surface area contributed by atoms with Gasteiger partial charge < -0.3 is 4.98 Å². The maximum atomic E-state index is 11.1. The summed E-state index contributed by atoms with van der Waals surface area (Å²) in [4.78, 5) is 14.2. The van der Waals surface area contributed by atoms with Crippen molar-refractivity contribution in [2.75, 3.05) is 0 Å². The van der Waals surface area contributed by atoms with Gasteiger partial charge in [-0.15, -0.1) is 0 Å². The highest BCUT2D eigenvalue weighted by Crippen LogP contribution is 2.18. The summed E-state index contributed by atoms with van der Waals surface area (Å²) in [7, 11) is 0. The molecule has 1 N–H and O–H groups in total. The molecule has 2 heteroatoms. The Morgan fingerprint density at radius 2 is 2.23 bits per heavy atom. The molecule has 2 rings (SSSR count). The van der Waals surface area contributed by atoms with Gasteiger partial charge in [0, 0.05) is 24.1 Å². The van der Waals surface area contributed by atoms with Crippen LogP contribution in [0, 0.1) is 6.92 Å². The van der Waals surface area contributed by atoms with Crippen molar-refractivity contribution in [2.45, 2.75) is 13.8 Å². The molecule has 0 aliphatic heterocycles. The molecule has 68 valence electrons. The van der Waals surface area contributed by atoms with Crippen molar-refractivity contribution in [3.8, 4) is 0 Å². The van der Waals surface area contributed by atoms with Crippen LogP contribution in [0.4, 0.5) is 0 Å². The van der Waals surface area contributed by atoms with Crippen molar-refractivity contribution in [2.24, 2.45) is 0 Å². The number of carbonyl (C=O) groups excluding carboxylic acids is 1. The number of benzene rings is 1. The Balaban J connectivity index is 0.000000980. The van der Waals surface area contributed by atoms with Gasteiger partial charge in [0.2, 0.25) is 0 Å². The summed E-state index contributed by atoms with van der Waals surface area (Å²) in [5.41, 5.74) is 3.00. The third-order valence-electron chi connectivity index (χ3n) is 2.30. The maximum absolute atomic E-state index is 11.1. The van der Waals surface area contributed by atoms with E-state index in [0.29, 0.717) is 0 Å². The summed E-state index contributed by atoms with van der Waals surface area (Å²) in [6, 6.07) is 5.74. The molecule has 0 radical (unpaired) electrons. The average Bonchev–Trinajstić information content (AvgIpc) is 2.47. The second-order valence-corrected chi connectivity index (χ2v) is 3.29. The molecule has 13 heavy (non-hydrogen) atoms. The van der Waals surface area contributed by atoms with Crippen LogP contribution in [0.1, 0.15) is 24.3 Å². The van der Waals surface area contributed by atoms with E-state index in [-0.39, 0.29) is 7.21 Å². The lowest BCUT2D eigenvalue weighted by Crippen LogP contribution is -1.90. The lowest BCUT2D eigenvalue weighted by molar-refractivity contribution is 0.101. The fraction of sp³-hybridized carbons (Fsp3) is 0.182. The molecule has 0 bridgehead atoms. The number of aromatic amines is 1. The van der Waals surface area contributed by atoms with E-state index in [1.165, 1.54) is 10.9 Å². The van der Waals surface area contributed by atoms with E-state index in [1.54, 1.807) is 6.92 Å². The first-order chi connectivity index (χ1) is 6.18. The van der Waals surface area contributed by atoms with Crippen LogP contribution < -0.4 is 0 Å². The topological polar surface area (TPSA) is 32.9 Å². The van der Waals surface area contributed by atoms with Crippen molar-refractivity contribution < 1.29 is 6.22 Å². The first-order valence-electron chi connectivity index (χ1n) is 4.27. The normalized spacial score (nSPS) is 10.6. The predicted octanol–water partition coefficient (Wildman–Crippen LogP) is 2.92. The number of rotatable bonds is 1. The first kappa shape index (κ1) is 8.05. The van der Waals surface area contributed by atoms with Crippen LogP contribution in [0.3, 0.4) is 0 Å². The highest BCUT2D eigenvalue weighted by Gasteiger charge is 2.02. The molecule has 2 nitrogen and oxygen atoms in total. The van der Waals surface area contributed by atoms with Crippen LogP contribution in [-0.4, -0.2) is 10.8 Å². The Kier molecular flexibility index (Phi) is 1.69. The summed E-state index contributed by atoms with van der Waals surface area (Å²) in [6.07, 6.45) is 1.95. The molecule has 0 unspecified atom stereocenters. The van der Waals surface area contributed by atoms with E-state index in [4.69, 9.17) is 0 Å². The van der Waals surface area contributed by atoms with Gasteiger partial charge in [0.05, 0.1) is 0 Å². The molecule has 0 amide bonds. The highest BCUT2D eigenvalue weighted by molar-refractivity contribution is 5.98. The number of H-pyrrole nitrogens is 1. The molecule has 1 aromatic heterocycles. The number of Topliss-reactive ketones (excluding diaryl/α,β-unsaturated/α-hetero) is 1. The maximum Gasteiger partial charge on any atom is 0.159 e. The second-order valence-electron chi connectivity index (χ2n) is 3.29. The fourth-order valence-electron chi connectivity index (χ4n) is 1.49. The predicted molar refractivity (Wildman–Crippen MR) is 55.2 cm³/mol. The largest absolute Gasteiger partial charge is 0.361 e. The van der Waals surface area contributed by atoms with Crippen molar-refractivity contribution in [1.29, 1.82) is 0 Å². The Hall–Kier alpha value is -1.57. The molecule has 1 heterocycles. The van der Waals surface area contributed by atoms with Gasteiger partial charge >= 0.3 is 0 Å². The van der Waals surface area contributed by atoms with Crippen molar-refractivity contribution in [1.82, 2.24) is 4.98 Å². The molecule has 0 saturated heterocycles. The molecule has 2 aromatic rings. The lowest BCUT2D eigenvalue weighted by atomic mass is 10.1. The molecular formula is C11H13NO. The van der Waals surface area contributed by atoms with Crippen LogP contribution >= 0.6 is 0 Å². The van der Waals surface area contributed by atoms with E-state index in [2.05, 4.69) is 4.98 Å². The lowest BCUT2D eigenvalue weighted by Gasteiger charge is -1.95. The van der Waals surface area contributed by atoms with Crippen molar-refractivity contribution in [3.63, 3.8) is 0 Å². The number of hydrogen-bond acceptors (Lipinski definition) is 1. The zero-order chi connectivity index (χ0) is 9.42. The molecular weight excluding hydrogens is 162 g/mol. The zero-order valence-corrected chi connectivity index (χ0v) is 7.72. The fourth-order valence-corrected chi connectivity index (χ4v) is 1.49. The minimum atomic E-state index is 0. The van der Waals surface area contributed by atoms with Gasteiger partial charge in [0.1, 0.15) is 0 Å². The van der Waals surface area contributed by atoms with Crippen LogP contribution in [0.25, 0.3) is 10.9 Å². The number of carbonyl (C=O) groups is 1. The van der Waals surface area contributed by atoms with Crippen LogP contribution in [0.15, 0.2) is 24.4 Å². The molecule has 0 fully saturated rings. The van der Waals surface area contributed by atoms with Gasteiger partial charge in [-0.25, -0.2) is 0 Å². The smallest absolute Gasteiger partial charge is 0.159 e. The Morgan fingerprint density at radius 1 is 1.46 bits per heavy atom. The van der Waals surface area contributed by atoms with Crippen LogP contribution in [0.2, 0.25) is 0 Å². The monoisotopic (exact) mass is 175 g/mol. The van der Waals surface area contributed by atoms with Gasteiger partial charge in [-0.3, -0.25) is 4.79 Å². The molecule has 1 aromatic carbocycles. The van der Waals surface area contributed by atoms with E-state index in [0.717, 1.165) is 11.1 Å². The third-order valence-corrected chi connectivity index (χ3v) is 2.30. The van der Waals surface area contributed by atoms with Gasteiger partial charge in [-0.1, -0.05) is 12.1 Å². The van der Waals surface area contributed by atoms with Crippen molar-refractivity contribution >= 4 is 16.7 Å². The number of hydrogen-bond donors (Lipinski definition) is 1. The zero-order valence-electron chi connectivity index (χ0n) is 7.72. The molecule has 0 atom stereocenters. The van der Waals surface area contributed by atoms with E-state index < -0.39 is 0 Å². The molecule has 0 aliphatic carbocycles. The van der Waals surface area contributed by atoms with Crippen LogP contribution in [0.5, 0.6) is 0 Å². The first-order valence-corrected chi connectivity index (χ1v) is 4.27. The summed E-state index contributed by atoms with van der Waals surface area (Å²) >= 11 is 0. The number of aryl methyl sites for hydroxylation is 1. The van der Waals surface area contributed by atoms with E-state index in [9.17, 15) is 4.79 Å². The molecule has 0 spiro atoms. The number of fused-ring (bicyclic) bond motifs is 1. The number of aromatic nitrogens is 1. The SMILES string of the molecule is CC(=O)c1ccc2c(C)c[nH]c2c1.[HH]. The summed E-state index contributed by atoms with van der Waals surface area (Å²) < 4.78 is 0. The number of ketones is 1. The summed E-state index contributed by atoms with van der Waals surface area (Å²) in [5.74, 6) is 0.106. The van der Waals surface area contributed by atoms with Crippen molar-refractivity contribution in [3.05, 3.63) is 35.5 Å². The minimum absolute atomic E-state index is 0. The van der Waals surface area contributed by atoms with E-state index >= 15 is 0 Å². The summed E-state index contributed by atoms with van der Waals surface area (Å²) in [5, 5.41) is 1.19. The van der Waals surface area contributed by atoms with Crippen LogP contribution in [-0.2, 0) is 0 Å². The van der Waals surface area contributed by atoms with Gasteiger partial charge in [-0.05, 0) is 25.5 Å². The highest BCUT2D eigenvalue weighted by atomic mass is 16.1. The summed E-state index contributed by atoms with van der Waals surface area (Å²) in [6.45, 7) is 3.63. The standard InChI is InChI=1S/C11H11NO.H2/c1-7-6-12-11-5-9(8(2)13)3-4-10(7)11;/h3-6,12H,1-2H3;1H. The van der Waals surface area contributed by atoms with Gasteiger partial charge in [-0.2, -0.15) is 0 Å². The third kappa shape index (κ3) is 1.24. The van der Waals surface area contributed by atoms with Gasteiger partial charge in [0.25, 0.3) is 0 Å². The molecule has 0 saturated carbocycles. The van der Waals surface area contributed by atoms with E-state index in [1.807, 2.05) is 31.3 Å². The van der Waals surface area contributed by atoms with Gasteiger partial charge in [0.15, 0.2) is 5.78 Å². The average molecular weight is 175 g/mol. The Labute approximate surface area is 78.1 Å². The molecule has 0 aliphatic rings. The quantitative estimate of drug-likeness (QED) is 0.664. The Morgan fingerprint density at radius 3 is 2.92 bits per heavy atom. The number of nitrogens with one attached hydrogen (secondary N) is 1. The second kappa shape index (κ2) is 2.73. The minimum Gasteiger partial charge on any atom is -0.361 e. The Bertz CT molecular complexity index is 473.